The Hall–Kier alpha value is -3.94. The second-order valence-electron chi connectivity index (χ2n) is 6.08. The van der Waals surface area contributed by atoms with Gasteiger partial charge in [-0.3, -0.25) is 20.2 Å². The van der Waals surface area contributed by atoms with Crippen LogP contribution in [0, 0.1) is 20.2 Å². The minimum Gasteiger partial charge on any atom is -0.397 e. The first-order chi connectivity index (χ1) is 12.3. The molecule has 26 heavy (non-hydrogen) atoms. The molecule has 0 saturated carbocycles. The minimum absolute atomic E-state index is 0.476. The average molecular weight is 348 g/mol. The van der Waals surface area contributed by atoms with Gasteiger partial charge in [0.1, 0.15) is 0 Å². The Morgan fingerprint density at radius 3 is 1.12 bits per heavy atom. The summed E-state index contributed by atoms with van der Waals surface area (Å²) in [5.74, 6) is 0. The Labute approximate surface area is 145 Å². The molecule has 0 saturated heterocycles. The molecule has 0 aliphatic carbocycles. The van der Waals surface area contributed by atoms with E-state index in [0.29, 0.717) is 22.1 Å². The van der Waals surface area contributed by atoms with E-state index in [-0.39, 0.29) is 0 Å². The zero-order valence-electron chi connectivity index (χ0n) is 13.3. The molecular formula is C18H12N4O4. The fourth-order valence-electron chi connectivity index (χ4n) is 3.16. The average Bonchev–Trinajstić information content (AvgIpc) is 2.58. The summed E-state index contributed by atoms with van der Waals surface area (Å²) < 4.78 is 0. The molecule has 0 radical (unpaired) electrons. The van der Waals surface area contributed by atoms with Gasteiger partial charge in [-0.2, -0.15) is 0 Å². The first-order valence-corrected chi connectivity index (χ1v) is 7.62. The fourth-order valence-corrected chi connectivity index (χ4v) is 3.16. The Bertz CT molecular complexity index is 1170. The van der Waals surface area contributed by atoms with Gasteiger partial charge in [-0.15, -0.1) is 0 Å². The summed E-state index contributed by atoms with van der Waals surface area (Å²) in [5, 5.41) is 26.9. The Morgan fingerprint density at radius 2 is 0.808 bits per heavy atom. The van der Waals surface area contributed by atoms with Crippen molar-refractivity contribution in [1.29, 1.82) is 0 Å². The number of hydrogen-bond donors (Lipinski definition) is 2. The predicted molar refractivity (Wildman–Crippen MR) is 101 cm³/mol. The van der Waals surface area contributed by atoms with Gasteiger partial charge in [-0.1, -0.05) is 0 Å². The van der Waals surface area contributed by atoms with Crippen molar-refractivity contribution < 1.29 is 9.85 Å². The lowest BCUT2D eigenvalue weighted by Crippen LogP contribution is -1.96. The standard InChI is InChI=1S/C18H12N4O4/c19-15-5-11-1-9-3-13-7-17(21(23)24)18(22(25)26)8-14(13)4-10(9)2-12(11)6-16(15)20/h1-8H,19-20H2. The number of nitrogens with two attached hydrogens (primary N) is 2. The van der Waals surface area contributed by atoms with Crippen LogP contribution in [-0.4, -0.2) is 9.85 Å². The Balaban J connectivity index is 2.07. The van der Waals surface area contributed by atoms with Crippen LogP contribution in [0.1, 0.15) is 0 Å². The molecule has 0 fully saturated rings. The first-order valence-electron chi connectivity index (χ1n) is 7.62. The molecule has 0 unspecified atom stereocenters. The van der Waals surface area contributed by atoms with Gasteiger partial charge in [0.05, 0.1) is 21.2 Å². The molecule has 0 bridgehead atoms. The van der Waals surface area contributed by atoms with Crippen LogP contribution in [-0.2, 0) is 0 Å². The minimum atomic E-state index is -0.744. The van der Waals surface area contributed by atoms with Gasteiger partial charge >= 0.3 is 11.4 Å². The lowest BCUT2D eigenvalue weighted by molar-refractivity contribution is -0.422. The van der Waals surface area contributed by atoms with Crippen molar-refractivity contribution in [3.8, 4) is 0 Å². The zero-order valence-corrected chi connectivity index (χ0v) is 13.3. The van der Waals surface area contributed by atoms with Crippen molar-refractivity contribution in [3.05, 3.63) is 68.8 Å². The maximum Gasteiger partial charge on any atom is 0.346 e. The lowest BCUT2D eigenvalue weighted by Gasteiger charge is -2.08. The zero-order chi connectivity index (χ0) is 18.6. The summed E-state index contributed by atoms with van der Waals surface area (Å²) in [6, 6.07) is 13.4. The van der Waals surface area contributed by atoms with E-state index >= 15 is 0 Å². The third kappa shape index (κ3) is 2.32. The molecule has 0 heterocycles. The Kier molecular flexibility index (Phi) is 3.16. The Morgan fingerprint density at radius 1 is 0.538 bits per heavy atom. The molecule has 0 atom stereocenters. The smallest absolute Gasteiger partial charge is 0.346 e. The van der Waals surface area contributed by atoms with E-state index in [1.54, 1.807) is 24.3 Å². The number of anilines is 2. The summed E-state index contributed by atoms with van der Waals surface area (Å²) in [6.45, 7) is 0. The van der Waals surface area contributed by atoms with Crippen LogP contribution in [0.3, 0.4) is 0 Å². The lowest BCUT2D eigenvalue weighted by atomic mass is 9.98. The van der Waals surface area contributed by atoms with Gasteiger partial charge in [0.2, 0.25) is 0 Å². The summed E-state index contributed by atoms with van der Waals surface area (Å²) in [4.78, 5) is 20.8. The summed E-state index contributed by atoms with van der Waals surface area (Å²) in [7, 11) is 0. The van der Waals surface area contributed by atoms with Gasteiger partial charge < -0.3 is 11.5 Å². The molecule has 4 rings (SSSR count). The van der Waals surface area contributed by atoms with Crippen LogP contribution >= 0.6 is 0 Å². The molecule has 4 aromatic carbocycles. The van der Waals surface area contributed by atoms with Crippen molar-refractivity contribution >= 4 is 55.1 Å². The third-order valence-electron chi connectivity index (χ3n) is 4.44. The number of rotatable bonds is 2. The predicted octanol–water partition coefficient (Wildman–Crippen LogP) is 4.13. The van der Waals surface area contributed by atoms with Crippen LogP contribution in [0.2, 0.25) is 0 Å². The molecule has 0 spiro atoms. The summed E-state index contributed by atoms with van der Waals surface area (Å²) in [6.07, 6.45) is 0. The van der Waals surface area contributed by atoms with E-state index < -0.39 is 21.2 Å². The molecule has 0 aliphatic rings. The number of nitrogens with zero attached hydrogens (tertiary/aromatic N) is 2. The summed E-state index contributed by atoms with van der Waals surface area (Å²) >= 11 is 0. The van der Waals surface area contributed by atoms with E-state index in [2.05, 4.69) is 0 Å². The van der Waals surface area contributed by atoms with Crippen LogP contribution in [0.25, 0.3) is 32.3 Å². The summed E-state index contributed by atoms with van der Waals surface area (Å²) in [5.41, 5.74) is 11.6. The van der Waals surface area contributed by atoms with Crippen molar-refractivity contribution in [2.75, 3.05) is 11.5 Å². The number of nitrogen functional groups attached to an aromatic ring is 2. The number of hydrogen-bond acceptors (Lipinski definition) is 6. The van der Waals surface area contributed by atoms with Crippen molar-refractivity contribution in [2.45, 2.75) is 0 Å². The topological polar surface area (TPSA) is 138 Å². The molecule has 8 heteroatoms. The van der Waals surface area contributed by atoms with Gasteiger partial charge in [-0.25, -0.2) is 0 Å². The highest BCUT2D eigenvalue weighted by Crippen LogP contribution is 2.35. The van der Waals surface area contributed by atoms with Crippen LogP contribution < -0.4 is 11.5 Å². The first kappa shape index (κ1) is 15.6. The SMILES string of the molecule is Nc1cc2cc3cc4cc([N+](=O)[O-])c([N+](=O)[O-])cc4cc3cc2cc1N. The van der Waals surface area contributed by atoms with Crippen molar-refractivity contribution in [2.24, 2.45) is 0 Å². The fraction of sp³-hybridized carbons (Fsp3) is 0. The van der Waals surface area contributed by atoms with Gasteiger partial charge in [0.15, 0.2) is 0 Å². The van der Waals surface area contributed by atoms with E-state index in [1.165, 1.54) is 12.1 Å². The highest BCUT2D eigenvalue weighted by molar-refractivity contribution is 6.07. The number of nitro benzene ring substituents is 2. The highest BCUT2D eigenvalue weighted by atomic mass is 16.6. The molecule has 4 N–H and O–H groups in total. The van der Waals surface area contributed by atoms with E-state index in [0.717, 1.165) is 21.5 Å². The molecule has 0 aromatic heterocycles. The van der Waals surface area contributed by atoms with Crippen LogP contribution in [0.15, 0.2) is 48.5 Å². The normalized spacial score (nSPS) is 11.2. The van der Waals surface area contributed by atoms with Crippen molar-refractivity contribution in [3.63, 3.8) is 0 Å². The van der Waals surface area contributed by atoms with Crippen molar-refractivity contribution in [1.82, 2.24) is 0 Å². The maximum absolute atomic E-state index is 11.2. The molecule has 128 valence electrons. The number of nitro groups is 2. The molecule has 0 amide bonds. The monoisotopic (exact) mass is 348 g/mol. The van der Waals surface area contributed by atoms with Gasteiger partial charge in [0, 0.05) is 12.1 Å². The van der Waals surface area contributed by atoms with Gasteiger partial charge in [0.25, 0.3) is 0 Å². The van der Waals surface area contributed by atoms with Crippen LogP contribution in [0.5, 0.6) is 0 Å². The van der Waals surface area contributed by atoms with E-state index in [1.807, 2.05) is 12.1 Å². The molecular weight excluding hydrogens is 336 g/mol. The molecule has 0 aliphatic heterocycles. The molecule has 8 nitrogen and oxygen atoms in total. The highest BCUT2D eigenvalue weighted by Gasteiger charge is 2.24. The quantitative estimate of drug-likeness (QED) is 0.242. The maximum atomic E-state index is 11.2. The van der Waals surface area contributed by atoms with Gasteiger partial charge in [-0.05, 0) is 68.7 Å². The van der Waals surface area contributed by atoms with E-state index in [4.69, 9.17) is 11.5 Å². The van der Waals surface area contributed by atoms with E-state index in [9.17, 15) is 20.2 Å². The van der Waals surface area contributed by atoms with Crippen LogP contribution in [0.4, 0.5) is 22.7 Å². The number of benzene rings is 4. The second-order valence-corrected chi connectivity index (χ2v) is 6.08. The second kappa shape index (κ2) is 5.28. The molecule has 4 aromatic rings. The third-order valence-corrected chi connectivity index (χ3v) is 4.44. The number of fused-ring (bicyclic) bond motifs is 3. The largest absolute Gasteiger partial charge is 0.397 e.